The van der Waals surface area contributed by atoms with Gasteiger partial charge in [-0.1, -0.05) is 18.2 Å². The number of benzene rings is 3. The number of hydrogen-bond donors (Lipinski definition) is 3. The zero-order valence-electron chi connectivity index (χ0n) is 28.6. The lowest BCUT2D eigenvalue weighted by Gasteiger charge is -2.60. The van der Waals surface area contributed by atoms with Crippen LogP contribution in [0.2, 0.25) is 0 Å². The first-order valence-corrected chi connectivity index (χ1v) is 16.5. The number of esters is 1. The molecule has 3 aromatic rings. The molecule has 1 unspecified atom stereocenters. The molecule has 0 spiro atoms. The number of rotatable bonds is 6. The van der Waals surface area contributed by atoms with Gasteiger partial charge in [0, 0.05) is 47.8 Å². The number of fused-ring (bicyclic) bond motifs is 9. The summed E-state index contributed by atoms with van der Waals surface area (Å²) in [4.78, 5) is 29.7. The maximum absolute atomic E-state index is 13.3. The molecule has 270 valence electrons. The van der Waals surface area contributed by atoms with E-state index in [1.165, 1.54) is 32.2 Å². The zero-order valence-corrected chi connectivity index (χ0v) is 28.6. The van der Waals surface area contributed by atoms with Crippen molar-refractivity contribution >= 4 is 18.0 Å². The Hall–Kier alpha value is -4.79. The number of piperazine rings is 1. The first-order valence-electron chi connectivity index (χ1n) is 16.5. The monoisotopic (exact) mass is 709 g/mol. The van der Waals surface area contributed by atoms with Crippen LogP contribution >= 0.6 is 0 Å². The van der Waals surface area contributed by atoms with E-state index < -0.39 is 54.0 Å². The van der Waals surface area contributed by atoms with Crippen LogP contribution in [0.4, 0.5) is 13.2 Å². The SMILES string of the molecule is COc1c(C)cc2c(c1O)[C@@H]1C3Cc4c(OC(C)=O)c(C)c5c(c4[C@H](CNC(=O)C=Cc4cccc(C(F)(F)F)c4)N3[C@@H](O)[C@@H](C2)N1C)OCO5. The van der Waals surface area contributed by atoms with Crippen LogP contribution in [-0.2, 0) is 28.6 Å². The summed E-state index contributed by atoms with van der Waals surface area (Å²) in [5.74, 6) is 0.325. The predicted molar refractivity (Wildman–Crippen MR) is 178 cm³/mol. The van der Waals surface area contributed by atoms with Gasteiger partial charge in [0.15, 0.2) is 23.0 Å². The third-order valence-electron chi connectivity index (χ3n) is 10.5. The number of aryl methyl sites for hydroxylation is 1. The van der Waals surface area contributed by atoms with E-state index in [4.69, 9.17) is 18.9 Å². The highest BCUT2D eigenvalue weighted by Crippen LogP contribution is 2.58. The summed E-state index contributed by atoms with van der Waals surface area (Å²) < 4.78 is 63.1. The van der Waals surface area contributed by atoms with Crippen molar-refractivity contribution in [2.75, 3.05) is 27.5 Å². The van der Waals surface area contributed by atoms with Crippen LogP contribution in [0, 0.1) is 13.8 Å². The number of phenols is 1. The number of carbonyl (C=O) groups excluding carboxylic acids is 2. The fraction of sp³-hybridized carbons (Fsp3) is 0.405. The van der Waals surface area contributed by atoms with Gasteiger partial charge in [-0.15, -0.1) is 0 Å². The Kier molecular flexibility index (Phi) is 8.67. The summed E-state index contributed by atoms with van der Waals surface area (Å²) in [6.07, 6.45) is -2.46. The topological polar surface area (TPSA) is 130 Å². The lowest BCUT2D eigenvalue weighted by atomic mass is 9.73. The quantitative estimate of drug-likeness (QED) is 0.188. The number of halogens is 3. The molecule has 1 fully saturated rings. The second-order valence-corrected chi connectivity index (χ2v) is 13.4. The number of aromatic hydroxyl groups is 1. The van der Waals surface area contributed by atoms with E-state index in [2.05, 4.69) is 5.32 Å². The first kappa shape index (κ1) is 34.6. The van der Waals surface area contributed by atoms with Crippen LogP contribution in [0.3, 0.4) is 0 Å². The van der Waals surface area contributed by atoms with Crippen molar-refractivity contribution in [1.29, 1.82) is 0 Å². The standard InChI is InChI=1S/C37H38F3N3O8/c1-17-11-21-13-25-36(47)43-24(30(42(25)4)28(21)31(46)32(17)48-5)14-23-29(35-34(49-16-50-35)18(2)33(23)51-19(3)44)26(43)15-41-27(45)10-9-20-7-6-8-22(12-20)37(38,39)40/h6-12,24-26,30,36,46-47H,13-16H2,1-5H3,(H,41,45)/t24?,25-,26+,30+,36+/m1/s1. The van der Waals surface area contributed by atoms with Gasteiger partial charge >= 0.3 is 12.1 Å². The Morgan fingerprint density at radius 3 is 2.53 bits per heavy atom. The van der Waals surface area contributed by atoms with Crippen LogP contribution in [0.15, 0.2) is 36.4 Å². The van der Waals surface area contributed by atoms with Gasteiger partial charge in [-0.25, -0.2) is 0 Å². The van der Waals surface area contributed by atoms with E-state index in [0.717, 1.165) is 29.3 Å². The molecule has 0 aromatic heterocycles. The number of hydrogen-bond acceptors (Lipinski definition) is 10. The minimum Gasteiger partial charge on any atom is -0.504 e. The molecule has 4 aliphatic rings. The summed E-state index contributed by atoms with van der Waals surface area (Å²) >= 11 is 0. The van der Waals surface area contributed by atoms with Crippen LogP contribution in [0.25, 0.3) is 6.08 Å². The van der Waals surface area contributed by atoms with Crippen molar-refractivity contribution in [2.24, 2.45) is 0 Å². The molecule has 7 rings (SSSR count). The molecule has 4 aliphatic heterocycles. The number of nitrogens with zero attached hydrogens (tertiary/aromatic N) is 2. The molecule has 14 heteroatoms. The van der Waals surface area contributed by atoms with Crippen molar-refractivity contribution in [3.63, 3.8) is 0 Å². The largest absolute Gasteiger partial charge is 0.504 e. The Morgan fingerprint density at radius 1 is 1.08 bits per heavy atom. The predicted octanol–water partition coefficient (Wildman–Crippen LogP) is 4.72. The maximum atomic E-state index is 13.3. The number of ether oxygens (including phenoxy) is 4. The van der Waals surface area contributed by atoms with Crippen molar-refractivity contribution in [3.8, 4) is 28.7 Å². The Morgan fingerprint density at radius 2 is 1.82 bits per heavy atom. The molecule has 3 N–H and O–H groups in total. The van der Waals surface area contributed by atoms with Crippen molar-refractivity contribution in [2.45, 2.75) is 70.2 Å². The fourth-order valence-corrected chi connectivity index (χ4v) is 8.37. The van der Waals surface area contributed by atoms with Gasteiger partial charge in [0.05, 0.1) is 30.8 Å². The summed E-state index contributed by atoms with van der Waals surface area (Å²) in [6, 6.07) is 4.48. The van der Waals surface area contributed by atoms with Gasteiger partial charge in [-0.2, -0.15) is 13.2 Å². The van der Waals surface area contributed by atoms with E-state index in [-0.39, 0.29) is 31.1 Å². The molecule has 51 heavy (non-hydrogen) atoms. The van der Waals surface area contributed by atoms with Gasteiger partial charge in [0.1, 0.15) is 12.0 Å². The molecule has 5 atom stereocenters. The molecular formula is C37H38F3N3O8. The molecule has 3 aromatic carbocycles. The first-order chi connectivity index (χ1) is 24.2. The molecule has 0 saturated carbocycles. The van der Waals surface area contributed by atoms with Gasteiger partial charge in [0.2, 0.25) is 12.7 Å². The molecule has 1 saturated heterocycles. The Labute approximate surface area is 292 Å². The number of carbonyl (C=O) groups is 2. The zero-order chi connectivity index (χ0) is 36.5. The number of methoxy groups -OCH3 is 1. The highest BCUT2D eigenvalue weighted by atomic mass is 19.4. The molecule has 2 bridgehead atoms. The average molecular weight is 710 g/mol. The van der Waals surface area contributed by atoms with Crippen LogP contribution < -0.4 is 24.3 Å². The number of likely N-dealkylation sites (N-methyl/N-ethyl adjacent to an activating group) is 1. The number of alkyl halides is 3. The van der Waals surface area contributed by atoms with Crippen molar-refractivity contribution in [3.05, 3.63) is 80.9 Å². The highest BCUT2D eigenvalue weighted by Gasteiger charge is 2.56. The normalized spacial score (nSPS) is 23.7. The highest BCUT2D eigenvalue weighted by molar-refractivity contribution is 5.91. The van der Waals surface area contributed by atoms with Gasteiger partial charge in [-0.3, -0.25) is 19.4 Å². The van der Waals surface area contributed by atoms with E-state index >= 15 is 0 Å². The number of amides is 1. The van der Waals surface area contributed by atoms with Crippen molar-refractivity contribution in [1.82, 2.24) is 15.1 Å². The van der Waals surface area contributed by atoms with E-state index in [1.54, 1.807) is 6.92 Å². The van der Waals surface area contributed by atoms with E-state index in [1.807, 2.05) is 29.8 Å². The molecule has 0 aliphatic carbocycles. The summed E-state index contributed by atoms with van der Waals surface area (Å²) in [6.45, 7) is 4.76. The van der Waals surface area contributed by atoms with E-state index in [9.17, 15) is 33.0 Å². The lowest BCUT2D eigenvalue weighted by molar-refractivity contribution is -0.172. The minimum atomic E-state index is -4.53. The third-order valence-corrected chi connectivity index (χ3v) is 10.5. The minimum absolute atomic E-state index is 0.0107. The van der Waals surface area contributed by atoms with Crippen LogP contribution in [-0.4, -0.2) is 77.7 Å². The van der Waals surface area contributed by atoms with Gasteiger partial charge in [0.25, 0.3) is 0 Å². The summed E-state index contributed by atoms with van der Waals surface area (Å²) in [7, 11) is 3.39. The molecule has 4 heterocycles. The Balaban J connectivity index is 1.33. The number of nitrogens with one attached hydrogen (secondary N) is 1. The molecule has 11 nitrogen and oxygen atoms in total. The molecular weight excluding hydrogens is 671 g/mol. The maximum Gasteiger partial charge on any atom is 0.416 e. The number of aliphatic hydroxyl groups excluding tert-OH is 1. The second kappa shape index (κ2) is 12.8. The summed E-state index contributed by atoms with van der Waals surface area (Å²) in [5, 5.41) is 26.7. The van der Waals surface area contributed by atoms with Gasteiger partial charge in [-0.05, 0) is 68.6 Å². The summed E-state index contributed by atoms with van der Waals surface area (Å²) in [5.41, 5.74) is 3.45. The second-order valence-electron chi connectivity index (χ2n) is 13.4. The molecule has 1 amide bonds. The smallest absolute Gasteiger partial charge is 0.416 e. The van der Waals surface area contributed by atoms with Crippen LogP contribution in [0.1, 0.15) is 63.5 Å². The van der Waals surface area contributed by atoms with Crippen LogP contribution in [0.5, 0.6) is 28.7 Å². The fourth-order valence-electron chi connectivity index (χ4n) is 8.37. The average Bonchev–Trinajstić information content (AvgIpc) is 3.57. The number of phenolic OH excluding ortho intramolecular Hbond substituents is 1. The molecule has 0 radical (unpaired) electrons. The van der Waals surface area contributed by atoms with Crippen molar-refractivity contribution < 1.29 is 51.9 Å². The lowest BCUT2D eigenvalue weighted by Crippen LogP contribution is -2.69. The number of aliphatic hydroxyl groups is 1. The Bertz CT molecular complexity index is 1960. The third kappa shape index (κ3) is 5.75. The van der Waals surface area contributed by atoms with Gasteiger partial charge < -0.3 is 34.5 Å². The van der Waals surface area contributed by atoms with E-state index in [0.29, 0.717) is 51.7 Å².